The third kappa shape index (κ3) is 4.01. The summed E-state index contributed by atoms with van der Waals surface area (Å²) in [5.41, 5.74) is 1.60. The highest BCUT2D eigenvalue weighted by Gasteiger charge is 2.35. The van der Waals surface area contributed by atoms with Crippen molar-refractivity contribution >= 4 is 46.5 Å². The molecule has 1 N–H and O–H groups in total. The van der Waals surface area contributed by atoms with Crippen LogP contribution in [0.2, 0.25) is 5.02 Å². The van der Waals surface area contributed by atoms with Crippen LogP contribution in [0.15, 0.2) is 41.3 Å². The van der Waals surface area contributed by atoms with Gasteiger partial charge in [0.15, 0.2) is 17.6 Å². The molecular weight excluding hydrogens is 456 g/mol. The molecule has 0 aromatic heterocycles. The Bertz CT molecular complexity index is 1170. The molecule has 0 radical (unpaired) electrons. The zero-order chi connectivity index (χ0) is 22.2. The molecule has 1 atom stereocenters. The minimum absolute atomic E-state index is 0.0698. The molecule has 3 aliphatic rings. The molecule has 10 heteroatoms. The highest BCUT2D eigenvalue weighted by atomic mass is 35.5. The fourth-order valence-corrected chi connectivity index (χ4v) is 4.67. The Balaban J connectivity index is 1.16. The predicted octanol–water partition coefficient (Wildman–Crippen LogP) is 3.22. The Morgan fingerprint density at radius 2 is 1.97 bits per heavy atom. The number of carbonyl (C=O) groups is 3. The predicted molar refractivity (Wildman–Crippen MR) is 118 cm³/mol. The summed E-state index contributed by atoms with van der Waals surface area (Å²) in [4.78, 5) is 38.9. The number of benzene rings is 2. The van der Waals surface area contributed by atoms with E-state index >= 15 is 0 Å². The minimum atomic E-state index is -0.663. The van der Waals surface area contributed by atoms with Crippen LogP contribution in [0.1, 0.15) is 11.1 Å². The number of rotatable bonds is 5. The van der Waals surface area contributed by atoms with Crippen LogP contribution >= 0.6 is 23.4 Å². The smallest absolute Gasteiger partial charge is 0.293 e. The third-order valence-corrected chi connectivity index (χ3v) is 6.33. The first-order valence-corrected chi connectivity index (χ1v) is 11.1. The maximum atomic E-state index is 12.7. The van der Waals surface area contributed by atoms with Crippen molar-refractivity contribution in [2.75, 3.05) is 19.9 Å². The van der Waals surface area contributed by atoms with Crippen LogP contribution in [0.25, 0.3) is 6.08 Å². The van der Waals surface area contributed by atoms with Gasteiger partial charge in [0.05, 0.1) is 4.91 Å². The van der Waals surface area contributed by atoms with Crippen LogP contribution in [0.3, 0.4) is 0 Å². The van der Waals surface area contributed by atoms with E-state index in [4.69, 9.17) is 25.8 Å². The molecule has 164 valence electrons. The first-order valence-electron chi connectivity index (χ1n) is 9.86. The summed E-state index contributed by atoms with van der Waals surface area (Å²) >= 11 is 6.84. The molecule has 1 saturated heterocycles. The number of imide groups is 1. The number of nitrogens with one attached hydrogen (secondary N) is 1. The van der Waals surface area contributed by atoms with Gasteiger partial charge in [0, 0.05) is 24.5 Å². The van der Waals surface area contributed by atoms with Gasteiger partial charge in [0.2, 0.25) is 6.79 Å². The molecule has 3 amide bonds. The summed E-state index contributed by atoms with van der Waals surface area (Å²) in [7, 11) is 0. The van der Waals surface area contributed by atoms with Crippen molar-refractivity contribution in [2.24, 2.45) is 0 Å². The van der Waals surface area contributed by atoms with E-state index in [2.05, 4.69) is 5.32 Å². The number of halogens is 1. The lowest BCUT2D eigenvalue weighted by molar-refractivity contribution is -0.128. The maximum absolute atomic E-state index is 12.7. The fraction of sp³-hybridized carbons (Fsp3) is 0.227. The number of ether oxygens (including phenoxy) is 3. The SMILES string of the molecule is O=C(NCCN1C(=O)S/C(=C\c2ccc3c(c2)OCO3)C1=O)C1Cc2cc(Cl)ccc2O1. The van der Waals surface area contributed by atoms with Crippen LogP contribution in [-0.2, 0) is 16.0 Å². The second kappa shape index (κ2) is 8.40. The van der Waals surface area contributed by atoms with Gasteiger partial charge in [-0.25, -0.2) is 0 Å². The molecule has 0 aliphatic carbocycles. The van der Waals surface area contributed by atoms with Gasteiger partial charge in [-0.15, -0.1) is 0 Å². The molecule has 8 nitrogen and oxygen atoms in total. The Morgan fingerprint density at radius 3 is 2.84 bits per heavy atom. The number of amides is 3. The molecule has 1 fully saturated rings. The number of hydrogen-bond donors (Lipinski definition) is 1. The average molecular weight is 473 g/mol. The van der Waals surface area contributed by atoms with Crippen LogP contribution in [0.5, 0.6) is 17.2 Å². The number of hydrogen-bond acceptors (Lipinski definition) is 7. The second-order valence-corrected chi connectivity index (χ2v) is 8.73. The van der Waals surface area contributed by atoms with E-state index in [1.54, 1.807) is 42.5 Å². The van der Waals surface area contributed by atoms with Crippen molar-refractivity contribution in [3.63, 3.8) is 0 Å². The van der Waals surface area contributed by atoms with Gasteiger partial charge in [-0.2, -0.15) is 0 Å². The van der Waals surface area contributed by atoms with E-state index in [0.717, 1.165) is 27.8 Å². The minimum Gasteiger partial charge on any atom is -0.480 e. The number of nitrogens with zero attached hydrogens (tertiary/aromatic N) is 1. The van der Waals surface area contributed by atoms with E-state index in [9.17, 15) is 14.4 Å². The molecule has 3 heterocycles. The zero-order valence-electron chi connectivity index (χ0n) is 16.6. The summed E-state index contributed by atoms with van der Waals surface area (Å²) in [6.07, 6.45) is 1.39. The van der Waals surface area contributed by atoms with Gasteiger partial charge in [0.25, 0.3) is 17.1 Å². The normalized spacial score (nSPS) is 20.0. The number of fused-ring (bicyclic) bond motifs is 2. The third-order valence-electron chi connectivity index (χ3n) is 5.19. The Hall–Kier alpha value is -3.17. The van der Waals surface area contributed by atoms with Crippen molar-refractivity contribution in [3.05, 3.63) is 57.5 Å². The van der Waals surface area contributed by atoms with Gasteiger partial charge < -0.3 is 19.5 Å². The average Bonchev–Trinajstić information content (AvgIpc) is 3.47. The van der Waals surface area contributed by atoms with Crippen molar-refractivity contribution in [1.29, 1.82) is 0 Å². The van der Waals surface area contributed by atoms with Crippen molar-refractivity contribution in [2.45, 2.75) is 12.5 Å². The highest BCUT2D eigenvalue weighted by Crippen LogP contribution is 2.36. The molecular formula is C22H17ClN2O6S. The van der Waals surface area contributed by atoms with Crippen molar-refractivity contribution < 1.29 is 28.6 Å². The molecule has 5 rings (SSSR count). The summed E-state index contributed by atoms with van der Waals surface area (Å²) in [6.45, 7) is 0.359. The lowest BCUT2D eigenvalue weighted by atomic mass is 10.1. The van der Waals surface area contributed by atoms with Gasteiger partial charge in [-0.05, 0) is 59.3 Å². The fourth-order valence-electron chi connectivity index (χ4n) is 3.62. The number of thioether (sulfide) groups is 1. The van der Waals surface area contributed by atoms with Crippen molar-refractivity contribution in [1.82, 2.24) is 10.2 Å². The largest absolute Gasteiger partial charge is 0.480 e. The van der Waals surface area contributed by atoms with E-state index in [1.165, 1.54) is 0 Å². The van der Waals surface area contributed by atoms with Gasteiger partial charge in [-0.1, -0.05) is 17.7 Å². The Kier molecular flexibility index (Phi) is 5.44. The highest BCUT2D eigenvalue weighted by molar-refractivity contribution is 8.18. The monoisotopic (exact) mass is 472 g/mol. The maximum Gasteiger partial charge on any atom is 0.293 e. The second-order valence-electron chi connectivity index (χ2n) is 7.30. The zero-order valence-corrected chi connectivity index (χ0v) is 18.2. The summed E-state index contributed by atoms with van der Waals surface area (Å²) < 4.78 is 16.3. The van der Waals surface area contributed by atoms with Crippen LogP contribution in [0.4, 0.5) is 4.79 Å². The van der Waals surface area contributed by atoms with Crippen LogP contribution in [-0.4, -0.2) is 47.9 Å². The lowest BCUT2D eigenvalue weighted by Gasteiger charge is -2.15. The molecule has 32 heavy (non-hydrogen) atoms. The van der Waals surface area contributed by atoms with Gasteiger partial charge in [0.1, 0.15) is 5.75 Å². The first kappa shape index (κ1) is 20.7. The molecule has 2 aromatic rings. The van der Waals surface area contributed by atoms with E-state index in [-0.39, 0.29) is 31.0 Å². The molecule has 0 spiro atoms. The van der Waals surface area contributed by atoms with E-state index in [0.29, 0.717) is 33.6 Å². The quantitative estimate of drug-likeness (QED) is 0.667. The number of carbonyl (C=O) groups excluding carboxylic acids is 3. The lowest BCUT2D eigenvalue weighted by Crippen LogP contribution is -2.42. The summed E-state index contributed by atoms with van der Waals surface area (Å²) in [5, 5.41) is 2.94. The van der Waals surface area contributed by atoms with E-state index < -0.39 is 12.0 Å². The van der Waals surface area contributed by atoms with Crippen LogP contribution in [0, 0.1) is 0 Å². The topological polar surface area (TPSA) is 94.2 Å². The molecule has 3 aliphatic heterocycles. The van der Waals surface area contributed by atoms with E-state index in [1.807, 2.05) is 0 Å². The summed E-state index contributed by atoms with van der Waals surface area (Å²) in [6, 6.07) is 10.5. The van der Waals surface area contributed by atoms with Crippen LogP contribution < -0.4 is 19.5 Å². The van der Waals surface area contributed by atoms with Gasteiger partial charge >= 0.3 is 0 Å². The molecule has 0 bridgehead atoms. The molecule has 1 unspecified atom stereocenters. The van der Waals surface area contributed by atoms with Crippen molar-refractivity contribution in [3.8, 4) is 17.2 Å². The van der Waals surface area contributed by atoms with Gasteiger partial charge in [-0.3, -0.25) is 19.3 Å². The molecule has 2 aromatic carbocycles. The standard InChI is InChI=1S/C22H17ClN2O6S/c23-14-2-4-15-13(9-14)10-18(31-15)20(26)24-5-6-25-21(27)19(32-22(25)28)8-12-1-3-16-17(7-12)30-11-29-16/h1-4,7-9,18H,5-6,10-11H2,(H,24,26)/b19-8-. The first-order chi connectivity index (χ1) is 15.5. The molecule has 0 saturated carbocycles. The Morgan fingerprint density at radius 1 is 1.16 bits per heavy atom. The summed E-state index contributed by atoms with van der Waals surface area (Å²) in [5.74, 6) is 1.17. The Labute approximate surface area is 192 Å².